The van der Waals surface area contributed by atoms with Crippen LogP contribution in [0.3, 0.4) is 0 Å². The summed E-state index contributed by atoms with van der Waals surface area (Å²) in [5.74, 6) is -1.97. The predicted octanol–water partition coefficient (Wildman–Crippen LogP) is 5.38. The van der Waals surface area contributed by atoms with Gasteiger partial charge < -0.3 is 0 Å². The average Bonchev–Trinajstić information content (AvgIpc) is 3.03. The molecular weight excluding hydrogens is 386 g/mol. The fourth-order valence-electron chi connectivity index (χ4n) is 3.58. The van der Waals surface area contributed by atoms with Crippen molar-refractivity contribution in [3.63, 3.8) is 0 Å². The first-order chi connectivity index (χ1) is 16.4. The van der Waals surface area contributed by atoms with Crippen LogP contribution in [0.25, 0.3) is 11.0 Å². The van der Waals surface area contributed by atoms with E-state index in [1.165, 1.54) is 4.90 Å². The Morgan fingerprint density at radius 2 is 1.97 bits per heavy atom. The van der Waals surface area contributed by atoms with Crippen LogP contribution in [-0.2, 0) is 4.79 Å². The highest BCUT2D eigenvalue weighted by atomic mass is 35.5. The van der Waals surface area contributed by atoms with Gasteiger partial charge in [-0.2, -0.15) is 0 Å². The fraction of sp³-hybridized carbons (Fsp3) is 0.304. The lowest BCUT2D eigenvalue weighted by Gasteiger charge is -2.24. The predicted molar refractivity (Wildman–Crippen MR) is 114 cm³/mol. The highest BCUT2D eigenvalue weighted by Gasteiger charge is 2.39. The molecule has 1 atom stereocenters. The van der Waals surface area contributed by atoms with Crippen molar-refractivity contribution in [3.8, 4) is 0 Å². The van der Waals surface area contributed by atoms with E-state index in [1.807, 2.05) is 0 Å². The summed E-state index contributed by atoms with van der Waals surface area (Å²) in [4.78, 5) is 36.4. The monoisotopic (exact) mass is 413 g/mol. The van der Waals surface area contributed by atoms with Crippen molar-refractivity contribution in [3.05, 3.63) is 64.8 Å². The third-order valence-electron chi connectivity index (χ3n) is 4.96. The third-order valence-corrected chi connectivity index (χ3v) is 5.17. The molecule has 0 radical (unpaired) electrons. The van der Waals surface area contributed by atoms with E-state index in [0.29, 0.717) is 22.6 Å². The lowest BCUT2D eigenvalue weighted by Crippen LogP contribution is -2.30. The lowest BCUT2D eigenvalue weighted by atomic mass is 9.97. The van der Waals surface area contributed by atoms with Gasteiger partial charge in [0.2, 0.25) is 0 Å². The molecule has 2 aromatic heterocycles. The van der Waals surface area contributed by atoms with Crippen LogP contribution < -0.4 is 4.90 Å². The summed E-state index contributed by atoms with van der Waals surface area (Å²) in [7, 11) is 0. The van der Waals surface area contributed by atoms with Gasteiger partial charge in [-0.1, -0.05) is 43.5 Å². The Hall–Kier alpha value is -2.79. The number of nitrogens with zero attached hydrogens (tertiary/aromatic N) is 3. The number of aromatic nitrogens is 2. The van der Waals surface area contributed by atoms with Gasteiger partial charge >= 0.3 is 0 Å². The molecule has 0 spiro atoms. The Bertz CT molecular complexity index is 1280. The van der Waals surface area contributed by atoms with Gasteiger partial charge in [0, 0.05) is 32.0 Å². The van der Waals surface area contributed by atoms with E-state index in [1.54, 1.807) is 48.5 Å². The Morgan fingerprint density at radius 1 is 1.17 bits per heavy atom. The van der Waals surface area contributed by atoms with Crippen molar-refractivity contribution in [2.45, 2.75) is 39.0 Å². The smallest absolute Gasteiger partial charge is 0.260 e. The zero-order valence-corrected chi connectivity index (χ0v) is 16.2. The number of fused-ring (bicyclic) bond motifs is 2. The van der Waals surface area contributed by atoms with E-state index in [4.69, 9.17) is 19.8 Å². The van der Waals surface area contributed by atoms with Gasteiger partial charge in [0.1, 0.15) is 16.8 Å². The number of ketones is 1. The summed E-state index contributed by atoms with van der Waals surface area (Å²) < 4.78 is 45.3. The van der Waals surface area contributed by atoms with E-state index >= 15 is 0 Å². The molecule has 3 aromatic rings. The van der Waals surface area contributed by atoms with Crippen LogP contribution in [0.4, 0.5) is 5.82 Å². The molecule has 0 unspecified atom stereocenters. The first-order valence-corrected chi connectivity index (χ1v) is 9.61. The maximum Gasteiger partial charge on any atom is 0.260 e. The average molecular weight is 414 g/mol. The van der Waals surface area contributed by atoms with E-state index in [0.717, 1.165) is 5.39 Å². The molecule has 0 N–H and O–H groups in total. The fourth-order valence-corrected chi connectivity index (χ4v) is 3.72. The van der Waals surface area contributed by atoms with Crippen molar-refractivity contribution < 1.29 is 17.8 Å². The van der Waals surface area contributed by atoms with Crippen LogP contribution in [0.2, 0.25) is 5.15 Å². The number of pyridine rings is 2. The van der Waals surface area contributed by atoms with Crippen LogP contribution in [0.1, 0.15) is 63.2 Å². The molecule has 29 heavy (non-hydrogen) atoms. The number of hydrogen-bond donors (Lipinski definition) is 0. The summed E-state index contributed by atoms with van der Waals surface area (Å²) in [6, 6.07) is 13.1. The molecule has 1 amide bonds. The van der Waals surface area contributed by atoms with Gasteiger partial charge in [0.15, 0.2) is 5.65 Å². The third kappa shape index (κ3) is 3.87. The quantitative estimate of drug-likeness (QED) is 0.509. The number of carbonyl (C=O) groups excluding carboxylic acids is 2. The minimum absolute atomic E-state index is 0.111. The summed E-state index contributed by atoms with van der Waals surface area (Å²) in [5, 5.41) is 0.985. The number of benzene rings is 1. The van der Waals surface area contributed by atoms with Crippen LogP contribution >= 0.6 is 11.6 Å². The van der Waals surface area contributed by atoms with E-state index < -0.39 is 25.7 Å². The van der Waals surface area contributed by atoms with Gasteiger partial charge in [-0.15, -0.1) is 0 Å². The van der Waals surface area contributed by atoms with Gasteiger partial charge in [-0.25, -0.2) is 9.97 Å². The van der Waals surface area contributed by atoms with Crippen molar-refractivity contribution in [2.24, 2.45) is 5.92 Å². The SMILES string of the molecule is [2H]C([2H])([2H])C(CCC(=O)C[C@H]1c2ccccc2C(=O)N1c1ccc2ccc(Cl)nc2n1)C([2H])([2H])[2H]. The highest BCUT2D eigenvalue weighted by molar-refractivity contribution is 6.29. The number of anilines is 1. The molecule has 4 rings (SSSR count). The summed E-state index contributed by atoms with van der Waals surface area (Å²) in [6.45, 7) is -5.42. The van der Waals surface area contributed by atoms with Crippen LogP contribution in [0.15, 0.2) is 48.5 Å². The number of rotatable bonds is 6. The summed E-state index contributed by atoms with van der Waals surface area (Å²) >= 11 is 6.00. The Kier molecular flexibility index (Phi) is 3.67. The molecule has 1 aliphatic rings. The standard InChI is InChI=1S/C23H22ClN3O2/c1-14(2)7-10-16(28)13-19-17-5-3-4-6-18(17)23(29)27(19)21-12-9-15-8-11-20(24)25-22(15)26-21/h3-6,8-9,11-12,14,19H,7,10,13H2,1-2H3/t19-/m0/s1/i1D3,2D3. The Labute approximate surface area is 183 Å². The second kappa shape index (κ2) is 7.91. The number of halogens is 1. The molecule has 3 heterocycles. The van der Waals surface area contributed by atoms with Gasteiger partial charge in [-0.3, -0.25) is 14.5 Å². The molecule has 0 fully saturated rings. The number of hydrogen-bond acceptors (Lipinski definition) is 4. The molecule has 6 heteroatoms. The van der Waals surface area contributed by atoms with Gasteiger partial charge in [0.25, 0.3) is 5.91 Å². The second-order valence-corrected chi connectivity index (χ2v) is 7.35. The second-order valence-electron chi connectivity index (χ2n) is 6.96. The minimum Gasteiger partial charge on any atom is -0.300 e. The molecule has 0 saturated heterocycles. The number of carbonyl (C=O) groups is 2. The molecule has 1 aliphatic heterocycles. The van der Waals surface area contributed by atoms with Crippen LogP contribution in [0, 0.1) is 5.92 Å². The molecule has 1 aromatic carbocycles. The molecule has 148 valence electrons. The zero-order chi connectivity index (χ0) is 25.5. The van der Waals surface area contributed by atoms with Crippen molar-refractivity contribution in [1.29, 1.82) is 0 Å². The van der Waals surface area contributed by atoms with E-state index in [-0.39, 0.29) is 36.1 Å². The Morgan fingerprint density at radius 3 is 2.79 bits per heavy atom. The first kappa shape index (κ1) is 13.4. The van der Waals surface area contributed by atoms with Crippen molar-refractivity contribution >= 4 is 40.1 Å². The van der Waals surface area contributed by atoms with E-state index in [2.05, 4.69) is 9.97 Å². The molecular formula is C23H22ClN3O2. The first-order valence-electron chi connectivity index (χ1n) is 12.2. The molecule has 0 bridgehead atoms. The minimum atomic E-state index is -2.71. The topological polar surface area (TPSA) is 63.2 Å². The number of amides is 1. The Balaban J connectivity index is 1.62. The lowest BCUT2D eigenvalue weighted by molar-refractivity contribution is -0.119. The molecule has 0 aliphatic carbocycles. The number of Topliss-reactive ketones (excluding diaryl/α,β-unsaturated/α-hetero) is 1. The van der Waals surface area contributed by atoms with E-state index in [9.17, 15) is 9.59 Å². The maximum absolute atomic E-state index is 13.3. The summed E-state index contributed by atoms with van der Waals surface area (Å²) in [5.41, 5.74) is 1.44. The van der Waals surface area contributed by atoms with Gasteiger partial charge in [0.05, 0.1) is 6.04 Å². The normalized spacial score (nSPS) is 19.9. The summed E-state index contributed by atoms with van der Waals surface area (Å²) in [6.07, 6.45) is -0.643. The van der Waals surface area contributed by atoms with Crippen molar-refractivity contribution in [1.82, 2.24) is 9.97 Å². The van der Waals surface area contributed by atoms with Crippen molar-refractivity contribution in [2.75, 3.05) is 4.90 Å². The largest absolute Gasteiger partial charge is 0.300 e. The van der Waals surface area contributed by atoms with Crippen LogP contribution in [0.5, 0.6) is 0 Å². The maximum atomic E-state index is 13.3. The molecule has 5 nitrogen and oxygen atoms in total. The van der Waals surface area contributed by atoms with Crippen LogP contribution in [-0.4, -0.2) is 21.7 Å². The highest BCUT2D eigenvalue weighted by Crippen LogP contribution is 2.39. The molecule has 0 saturated carbocycles. The zero-order valence-electron chi connectivity index (χ0n) is 21.4. The van der Waals surface area contributed by atoms with Gasteiger partial charge in [-0.05, 0) is 48.2 Å².